The van der Waals surface area contributed by atoms with Crippen molar-refractivity contribution in [3.05, 3.63) is 59.9 Å². The van der Waals surface area contributed by atoms with Gasteiger partial charge in [-0.05, 0) is 24.3 Å². The van der Waals surface area contributed by atoms with Crippen molar-refractivity contribution in [2.24, 2.45) is 10.4 Å². The molecule has 1 aromatic carbocycles. The summed E-state index contributed by atoms with van der Waals surface area (Å²) in [5, 5.41) is 17.5. The number of amides is 1. The van der Waals surface area contributed by atoms with Crippen LogP contribution in [0.15, 0.2) is 47.7 Å². The van der Waals surface area contributed by atoms with Crippen molar-refractivity contribution in [3.8, 4) is 6.19 Å². The Bertz CT molecular complexity index is 883. The lowest BCUT2D eigenvalue weighted by Gasteiger charge is -2.33. The number of rotatable bonds is 4. The largest absolute Gasteiger partial charge is 0.335 e. The number of halogens is 2. The molecule has 0 saturated heterocycles. The second-order valence-electron chi connectivity index (χ2n) is 7.00. The molecule has 1 aromatic heterocycles. The van der Waals surface area contributed by atoms with Crippen LogP contribution < -0.4 is 16.0 Å². The molecule has 0 aliphatic rings. The van der Waals surface area contributed by atoms with Crippen molar-refractivity contribution in [2.45, 2.75) is 26.9 Å². The summed E-state index contributed by atoms with van der Waals surface area (Å²) < 4.78 is 26.8. The monoisotopic (exact) mass is 386 g/mol. The molecule has 3 N–H and O–H groups in total. The predicted molar refractivity (Wildman–Crippen MR) is 101 cm³/mol. The highest BCUT2D eigenvalue weighted by molar-refractivity contribution is 5.96. The lowest BCUT2D eigenvalue weighted by atomic mass is 9.92. The van der Waals surface area contributed by atoms with Crippen molar-refractivity contribution in [3.63, 3.8) is 0 Å². The summed E-state index contributed by atoms with van der Waals surface area (Å²) in [6.45, 7) is 5.52. The third-order valence-corrected chi connectivity index (χ3v) is 3.63. The molecule has 7 nitrogen and oxygen atoms in total. The van der Waals surface area contributed by atoms with Gasteiger partial charge in [0.05, 0.1) is 11.9 Å². The first kappa shape index (κ1) is 20.8. The SMILES string of the molecule is CC(C)(C)C(NC(=O)c1cc(F)cc(F)c1)N/C(=N/C#N)Nc1cccnc1. The summed E-state index contributed by atoms with van der Waals surface area (Å²) in [6, 6.07) is 5.99. The van der Waals surface area contributed by atoms with E-state index in [2.05, 4.69) is 25.9 Å². The van der Waals surface area contributed by atoms with Gasteiger partial charge < -0.3 is 16.0 Å². The van der Waals surface area contributed by atoms with E-state index in [4.69, 9.17) is 5.26 Å². The molecule has 2 rings (SSSR count). The van der Waals surface area contributed by atoms with Gasteiger partial charge in [0, 0.05) is 23.2 Å². The van der Waals surface area contributed by atoms with Crippen LogP contribution in [0.4, 0.5) is 14.5 Å². The van der Waals surface area contributed by atoms with Gasteiger partial charge in [0.15, 0.2) is 0 Å². The van der Waals surface area contributed by atoms with Crippen LogP contribution in [0, 0.1) is 28.5 Å². The zero-order valence-corrected chi connectivity index (χ0v) is 15.6. The molecule has 0 spiro atoms. The maximum absolute atomic E-state index is 13.4. The number of carbonyl (C=O) groups is 1. The van der Waals surface area contributed by atoms with Crippen molar-refractivity contribution < 1.29 is 13.6 Å². The van der Waals surface area contributed by atoms with Crippen LogP contribution in [0.1, 0.15) is 31.1 Å². The Labute approximate surface area is 161 Å². The van der Waals surface area contributed by atoms with Crippen molar-refractivity contribution >= 4 is 17.6 Å². The number of hydrogen-bond acceptors (Lipinski definition) is 4. The van der Waals surface area contributed by atoms with E-state index in [0.29, 0.717) is 11.8 Å². The molecule has 1 atom stereocenters. The second kappa shape index (κ2) is 8.90. The summed E-state index contributed by atoms with van der Waals surface area (Å²) in [5.74, 6) is -2.30. The fraction of sp³-hybridized carbons (Fsp3) is 0.263. The van der Waals surface area contributed by atoms with Crippen LogP contribution in [0.5, 0.6) is 0 Å². The standard InChI is InChI=1S/C19H20F2N6O/c1-19(2,3)17(26-16(28)12-7-13(20)9-14(21)8-12)27-18(24-11-22)25-15-5-4-6-23-10-15/h4-10,17H,1-3H3,(H,26,28)(H2,24,25,27). The normalized spacial score (nSPS) is 12.6. The van der Waals surface area contributed by atoms with E-state index < -0.39 is 29.1 Å². The molecule has 1 heterocycles. The Morgan fingerprint density at radius 3 is 2.43 bits per heavy atom. The van der Waals surface area contributed by atoms with E-state index in [1.807, 2.05) is 20.8 Å². The molecule has 0 radical (unpaired) electrons. The first-order chi connectivity index (χ1) is 13.2. The molecular formula is C19H20F2N6O. The minimum atomic E-state index is -0.851. The minimum absolute atomic E-state index is 0.0844. The number of aliphatic imine (C=N–C) groups is 1. The molecule has 1 unspecified atom stereocenters. The lowest BCUT2D eigenvalue weighted by Crippen LogP contribution is -2.56. The quantitative estimate of drug-likeness (QED) is 0.324. The van der Waals surface area contributed by atoms with Gasteiger partial charge in [0.2, 0.25) is 12.2 Å². The third-order valence-electron chi connectivity index (χ3n) is 3.63. The van der Waals surface area contributed by atoms with Crippen LogP contribution in [-0.2, 0) is 0 Å². The number of nitrogens with zero attached hydrogens (tertiary/aromatic N) is 3. The summed E-state index contributed by atoms with van der Waals surface area (Å²) >= 11 is 0. The summed E-state index contributed by atoms with van der Waals surface area (Å²) in [7, 11) is 0. The molecule has 0 fully saturated rings. The number of anilines is 1. The molecule has 0 bridgehead atoms. The van der Waals surface area contributed by atoms with Gasteiger partial charge in [-0.3, -0.25) is 9.78 Å². The van der Waals surface area contributed by atoms with Crippen LogP contribution >= 0.6 is 0 Å². The van der Waals surface area contributed by atoms with E-state index >= 15 is 0 Å². The minimum Gasteiger partial charge on any atom is -0.335 e. The first-order valence-corrected chi connectivity index (χ1v) is 8.36. The summed E-state index contributed by atoms with van der Waals surface area (Å²) in [6.07, 6.45) is 4.09. The van der Waals surface area contributed by atoms with Crippen molar-refractivity contribution in [1.29, 1.82) is 5.26 Å². The Kier molecular flexibility index (Phi) is 6.60. The molecular weight excluding hydrogens is 366 g/mol. The third kappa shape index (κ3) is 6.02. The smallest absolute Gasteiger partial charge is 0.253 e. The van der Waals surface area contributed by atoms with E-state index in [1.54, 1.807) is 24.5 Å². The number of hydrogen-bond donors (Lipinski definition) is 3. The van der Waals surface area contributed by atoms with Gasteiger partial charge >= 0.3 is 0 Å². The predicted octanol–water partition coefficient (Wildman–Crippen LogP) is 3.00. The van der Waals surface area contributed by atoms with Crippen LogP contribution in [0.2, 0.25) is 0 Å². The van der Waals surface area contributed by atoms with E-state index in [9.17, 15) is 13.6 Å². The van der Waals surface area contributed by atoms with Gasteiger partial charge in [-0.1, -0.05) is 20.8 Å². The van der Waals surface area contributed by atoms with Crippen LogP contribution in [-0.4, -0.2) is 23.0 Å². The number of aromatic nitrogens is 1. The molecule has 0 saturated carbocycles. The number of nitriles is 1. The van der Waals surface area contributed by atoms with Gasteiger partial charge in [-0.2, -0.15) is 5.26 Å². The van der Waals surface area contributed by atoms with Gasteiger partial charge in [-0.25, -0.2) is 8.78 Å². The summed E-state index contributed by atoms with van der Waals surface area (Å²) in [5.41, 5.74) is -0.114. The molecule has 1 amide bonds. The highest BCUT2D eigenvalue weighted by Crippen LogP contribution is 2.18. The maximum atomic E-state index is 13.4. The number of nitrogens with one attached hydrogen (secondary N) is 3. The molecule has 0 aliphatic carbocycles. The fourth-order valence-corrected chi connectivity index (χ4v) is 2.22. The van der Waals surface area contributed by atoms with E-state index in [-0.39, 0.29) is 11.5 Å². The maximum Gasteiger partial charge on any atom is 0.253 e. The first-order valence-electron chi connectivity index (χ1n) is 8.36. The lowest BCUT2D eigenvalue weighted by molar-refractivity contribution is 0.0894. The van der Waals surface area contributed by atoms with E-state index in [0.717, 1.165) is 12.1 Å². The molecule has 2 aromatic rings. The molecule has 9 heteroatoms. The number of pyridine rings is 1. The average Bonchev–Trinajstić information content (AvgIpc) is 2.60. The Hall–Kier alpha value is -3.54. The Balaban J connectivity index is 2.21. The highest BCUT2D eigenvalue weighted by atomic mass is 19.1. The molecule has 0 aliphatic heterocycles. The topological polar surface area (TPSA) is 102 Å². The van der Waals surface area contributed by atoms with Gasteiger partial charge in [0.1, 0.15) is 17.8 Å². The van der Waals surface area contributed by atoms with Crippen molar-refractivity contribution in [1.82, 2.24) is 15.6 Å². The Morgan fingerprint density at radius 2 is 1.89 bits per heavy atom. The van der Waals surface area contributed by atoms with Gasteiger partial charge in [-0.15, -0.1) is 4.99 Å². The van der Waals surface area contributed by atoms with Crippen LogP contribution in [0.25, 0.3) is 0 Å². The Morgan fingerprint density at radius 1 is 1.21 bits per heavy atom. The molecule has 28 heavy (non-hydrogen) atoms. The highest BCUT2D eigenvalue weighted by Gasteiger charge is 2.28. The number of carbonyl (C=O) groups excluding carboxylic acids is 1. The number of guanidine groups is 1. The molecule has 146 valence electrons. The fourth-order valence-electron chi connectivity index (χ4n) is 2.22. The summed E-state index contributed by atoms with van der Waals surface area (Å²) in [4.78, 5) is 20.1. The average molecular weight is 386 g/mol. The van der Waals surface area contributed by atoms with E-state index in [1.165, 1.54) is 6.20 Å². The second-order valence-corrected chi connectivity index (χ2v) is 7.00. The van der Waals surface area contributed by atoms with Crippen molar-refractivity contribution in [2.75, 3.05) is 5.32 Å². The number of benzene rings is 1. The van der Waals surface area contributed by atoms with Crippen LogP contribution in [0.3, 0.4) is 0 Å². The van der Waals surface area contributed by atoms with Gasteiger partial charge in [0.25, 0.3) is 5.91 Å². The zero-order chi connectivity index (χ0) is 20.7. The zero-order valence-electron chi connectivity index (χ0n) is 15.6.